The van der Waals surface area contributed by atoms with Gasteiger partial charge in [0.25, 0.3) is 5.91 Å². The Labute approximate surface area is 189 Å². The average molecular weight is 455 g/mol. The van der Waals surface area contributed by atoms with Gasteiger partial charge < -0.3 is 32.0 Å². The van der Waals surface area contributed by atoms with Crippen LogP contribution in [-0.2, 0) is 6.54 Å². The number of phenolic OH excluding ortho intramolecular Hbond substituents is 1. The Morgan fingerprint density at radius 2 is 1.91 bits per heavy atom. The zero-order valence-corrected chi connectivity index (χ0v) is 18.6. The number of nitrogens with one attached hydrogen (secondary N) is 1. The number of hydrogen-bond donors (Lipinski definition) is 6. The van der Waals surface area contributed by atoms with Crippen LogP contribution in [0.3, 0.4) is 0 Å². The minimum absolute atomic E-state index is 0.160. The van der Waals surface area contributed by atoms with Gasteiger partial charge in [-0.25, -0.2) is 10.8 Å². The van der Waals surface area contributed by atoms with Gasteiger partial charge in [-0.3, -0.25) is 4.79 Å². The van der Waals surface area contributed by atoms with Gasteiger partial charge in [0, 0.05) is 11.1 Å². The Morgan fingerprint density at radius 3 is 2.53 bits per heavy atom. The molecule has 0 unspecified atom stereocenters. The maximum Gasteiger partial charge on any atom is 0.251 e. The minimum atomic E-state index is -1.19. The molecule has 0 bridgehead atoms. The van der Waals surface area contributed by atoms with Gasteiger partial charge in [-0.15, -0.1) is 11.3 Å². The number of rotatable bonds is 8. The highest BCUT2D eigenvalue weighted by Gasteiger charge is 2.18. The topological polar surface area (TPSA) is 164 Å². The molecule has 0 fully saturated rings. The number of benzene rings is 1. The van der Waals surface area contributed by atoms with Crippen LogP contribution in [0.15, 0.2) is 60.4 Å². The fourth-order valence-corrected chi connectivity index (χ4v) is 3.83. The Balaban J connectivity index is 1.82. The molecule has 10 heteroatoms. The minimum Gasteiger partial charge on any atom is -0.508 e. The first kappa shape index (κ1) is 23.1. The lowest BCUT2D eigenvalue weighted by atomic mass is 10.1. The number of aromatic nitrogens is 1. The van der Waals surface area contributed by atoms with E-state index in [-0.39, 0.29) is 18.0 Å². The Bertz CT molecular complexity index is 1140. The molecule has 1 amide bonds. The predicted octanol–water partition coefficient (Wildman–Crippen LogP) is 2.60. The van der Waals surface area contributed by atoms with Crippen molar-refractivity contribution < 1.29 is 15.0 Å². The number of carbonyl (C=O) groups is 1. The van der Waals surface area contributed by atoms with Crippen LogP contribution < -0.4 is 22.6 Å². The number of thiophene rings is 1. The lowest BCUT2D eigenvalue weighted by molar-refractivity contribution is 0.100. The summed E-state index contributed by atoms with van der Waals surface area (Å²) in [5.41, 5.74) is 12.3. The van der Waals surface area contributed by atoms with Crippen LogP contribution >= 0.6 is 11.3 Å². The third-order valence-electron chi connectivity index (χ3n) is 4.55. The standard InChI is InChI=1S/C22H26N6O3S/c1-22(2,31)18(23)12-28(25)11-14-4-3-5-19(26-14)27-21-16(20(24)30)10-17(32-21)13-6-8-15(29)9-7-13/h3-10,12,29,31H,11,23,25H2,1-2H3,(H2,24,30)(H,26,27)/b18-12-. The number of pyridine rings is 1. The fraction of sp³-hybridized carbons (Fsp3) is 0.182. The van der Waals surface area contributed by atoms with Gasteiger partial charge in [-0.1, -0.05) is 6.07 Å². The first-order valence-electron chi connectivity index (χ1n) is 9.70. The van der Waals surface area contributed by atoms with E-state index >= 15 is 0 Å². The molecule has 0 aliphatic rings. The van der Waals surface area contributed by atoms with Crippen molar-refractivity contribution in [2.24, 2.45) is 17.3 Å². The third kappa shape index (κ3) is 5.76. The van der Waals surface area contributed by atoms with E-state index in [1.807, 2.05) is 0 Å². The number of phenols is 1. The zero-order valence-electron chi connectivity index (χ0n) is 17.7. The summed E-state index contributed by atoms with van der Waals surface area (Å²) in [6.45, 7) is 3.39. The quantitative estimate of drug-likeness (QED) is 0.223. The molecule has 0 atom stereocenters. The van der Waals surface area contributed by atoms with Gasteiger partial charge in [0.05, 0.1) is 29.1 Å². The van der Waals surface area contributed by atoms with Crippen LogP contribution in [0, 0.1) is 0 Å². The molecule has 0 aliphatic carbocycles. The molecular formula is C22H26N6O3S. The first-order valence-corrected chi connectivity index (χ1v) is 10.5. The smallest absolute Gasteiger partial charge is 0.251 e. The first-order chi connectivity index (χ1) is 15.0. The third-order valence-corrected chi connectivity index (χ3v) is 5.65. The number of aliphatic hydroxyl groups is 1. The molecule has 9 nitrogen and oxygen atoms in total. The van der Waals surface area contributed by atoms with Gasteiger partial charge in [0.15, 0.2) is 0 Å². The molecule has 3 aromatic rings. The molecule has 168 valence electrons. The second kappa shape index (κ2) is 9.27. The number of hydrazine groups is 1. The van der Waals surface area contributed by atoms with Crippen LogP contribution in [-0.4, -0.2) is 31.7 Å². The number of aromatic hydroxyl groups is 1. The Kier molecular flexibility index (Phi) is 6.68. The van der Waals surface area contributed by atoms with Crippen molar-refractivity contribution in [1.29, 1.82) is 0 Å². The van der Waals surface area contributed by atoms with E-state index in [9.17, 15) is 15.0 Å². The van der Waals surface area contributed by atoms with E-state index in [0.29, 0.717) is 22.1 Å². The van der Waals surface area contributed by atoms with E-state index in [4.69, 9.17) is 17.3 Å². The number of anilines is 2. The van der Waals surface area contributed by atoms with Crippen molar-refractivity contribution in [3.8, 4) is 16.2 Å². The van der Waals surface area contributed by atoms with Gasteiger partial charge in [0.1, 0.15) is 16.6 Å². The summed E-state index contributed by atoms with van der Waals surface area (Å²) in [6, 6.07) is 13.7. The van der Waals surface area contributed by atoms with E-state index in [2.05, 4.69) is 10.3 Å². The van der Waals surface area contributed by atoms with Gasteiger partial charge in [0.2, 0.25) is 0 Å². The molecule has 32 heavy (non-hydrogen) atoms. The van der Waals surface area contributed by atoms with Gasteiger partial charge >= 0.3 is 0 Å². The van der Waals surface area contributed by atoms with Crippen molar-refractivity contribution in [3.63, 3.8) is 0 Å². The number of primary amides is 1. The summed E-state index contributed by atoms with van der Waals surface area (Å²) in [4.78, 5) is 17.3. The molecule has 2 heterocycles. The number of nitrogens with zero attached hydrogens (tertiary/aromatic N) is 2. The number of amides is 1. The SMILES string of the molecule is CC(C)(O)/C(N)=C/N(N)Cc1cccc(Nc2sc(-c3ccc(O)cc3)cc2C(N)=O)n1. The molecule has 1 aromatic carbocycles. The molecule has 0 aliphatic heterocycles. The summed E-state index contributed by atoms with van der Waals surface area (Å²) >= 11 is 1.35. The van der Waals surface area contributed by atoms with E-state index in [1.54, 1.807) is 62.4 Å². The zero-order chi connectivity index (χ0) is 23.5. The van der Waals surface area contributed by atoms with Crippen molar-refractivity contribution in [3.05, 3.63) is 71.7 Å². The monoisotopic (exact) mass is 454 g/mol. The molecule has 0 saturated heterocycles. The van der Waals surface area contributed by atoms with Gasteiger partial charge in [-0.2, -0.15) is 0 Å². The normalized spacial score (nSPS) is 11.9. The lowest BCUT2D eigenvalue weighted by Crippen LogP contribution is -2.33. The summed E-state index contributed by atoms with van der Waals surface area (Å²) in [6.07, 6.45) is 1.45. The van der Waals surface area contributed by atoms with Crippen LogP contribution in [0.1, 0.15) is 29.9 Å². The molecular weight excluding hydrogens is 428 g/mol. The highest BCUT2D eigenvalue weighted by molar-refractivity contribution is 7.19. The summed E-state index contributed by atoms with van der Waals surface area (Å²) < 4.78 is 0. The fourth-order valence-electron chi connectivity index (χ4n) is 2.76. The number of carbonyl (C=O) groups excluding carboxylic acids is 1. The Hall–Kier alpha value is -3.60. The van der Waals surface area contributed by atoms with E-state index in [1.165, 1.54) is 22.5 Å². The van der Waals surface area contributed by atoms with E-state index < -0.39 is 11.5 Å². The molecule has 0 saturated carbocycles. The number of nitrogens with two attached hydrogens (primary N) is 3. The highest BCUT2D eigenvalue weighted by Crippen LogP contribution is 2.37. The largest absolute Gasteiger partial charge is 0.508 e. The molecule has 0 spiro atoms. The van der Waals surface area contributed by atoms with Crippen LogP contribution in [0.4, 0.5) is 10.8 Å². The predicted molar refractivity (Wildman–Crippen MR) is 126 cm³/mol. The lowest BCUT2D eigenvalue weighted by Gasteiger charge is -2.21. The van der Waals surface area contributed by atoms with Crippen LogP contribution in [0.5, 0.6) is 5.75 Å². The van der Waals surface area contributed by atoms with Crippen molar-refractivity contribution in [2.75, 3.05) is 5.32 Å². The van der Waals surface area contributed by atoms with Crippen molar-refractivity contribution >= 4 is 28.1 Å². The molecule has 0 radical (unpaired) electrons. The van der Waals surface area contributed by atoms with Crippen LogP contribution in [0.25, 0.3) is 10.4 Å². The second-order valence-electron chi connectivity index (χ2n) is 7.72. The van der Waals surface area contributed by atoms with E-state index in [0.717, 1.165) is 10.4 Å². The second-order valence-corrected chi connectivity index (χ2v) is 8.77. The van der Waals surface area contributed by atoms with Crippen molar-refractivity contribution in [2.45, 2.75) is 26.0 Å². The maximum atomic E-state index is 12.0. The Morgan fingerprint density at radius 1 is 1.22 bits per heavy atom. The summed E-state index contributed by atoms with van der Waals surface area (Å²) in [5, 5.41) is 24.5. The van der Waals surface area contributed by atoms with Gasteiger partial charge in [-0.05, 0) is 61.9 Å². The van der Waals surface area contributed by atoms with Crippen molar-refractivity contribution in [1.82, 2.24) is 9.99 Å². The molecule has 2 aromatic heterocycles. The summed E-state index contributed by atoms with van der Waals surface area (Å²) in [7, 11) is 0. The molecule has 9 N–H and O–H groups in total. The highest BCUT2D eigenvalue weighted by atomic mass is 32.1. The maximum absolute atomic E-state index is 12.0. The average Bonchev–Trinajstić information content (AvgIpc) is 3.12. The number of hydrogen-bond acceptors (Lipinski definition) is 9. The molecule has 3 rings (SSSR count). The summed E-state index contributed by atoms with van der Waals surface area (Å²) in [5.74, 6) is 6.08. The van der Waals surface area contributed by atoms with Crippen LogP contribution in [0.2, 0.25) is 0 Å².